The molecule has 2 atom stereocenters. The molecule has 102 valence electrons. The van der Waals surface area contributed by atoms with Crippen molar-refractivity contribution in [3.8, 4) is 12.3 Å². The summed E-state index contributed by atoms with van der Waals surface area (Å²) >= 11 is 0. The van der Waals surface area contributed by atoms with Crippen LogP contribution in [0.4, 0.5) is 0 Å². The molecule has 0 aliphatic carbocycles. The Bertz CT molecular complexity index is 563. The second-order valence-electron chi connectivity index (χ2n) is 5.19. The smallest absolute Gasteiger partial charge is 0.0502 e. The third kappa shape index (κ3) is 3.50. The van der Waals surface area contributed by atoms with Crippen molar-refractivity contribution < 1.29 is 5.11 Å². The van der Waals surface area contributed by atoms with Gasteiger partial charge in [-0.3, -0.25) is 0 Å². The summed E-state index contributed by atoms with van der Waals surface area (Å²) in [6.07, 6.45) is 6.49. The molecule has 0 saturated heterocycles. The molecule has 1 N–H and O–H groups in total. The summed E-state index contributed by atoms with van der Waals surface area (Å²) in [5, 5.41) is 9.71. The number of aliphatic hydroxyl groups excluding tert-OH is 1. The Morgan fingerprint density at radius 3 is 2.25 bits per heavy atom. The summed E-state index contributed by atoms with van der Waals surface area (Å²) in [6, 6.07) is 18.4. The number of benzene rings is 2. The molecule has 2 aromatic carbocycles. The van der Waals surface area contributed by atoms with E-state index < -0.39 is 0 Å². The maximum absolute atomic E-state index is 9.71. The zero-order valence-electron chi connectivity index (χ0n) is 11.8. The minimum Gasteiger partial charge on any atom is -0.396 e. The first-order valence-electron chi connectivity index (χ1n) is 6.92. The lowest BCUT2D eigenvalue weighted by Crippen LogP contribution is -2.18. The highest BCUT2D eigenvalue weighted by molar-refractivity contribution is 5.29. The molecule has 0 spiro atoms. The first-order chi connectivity index (χ1) is 9.74. The van der Waals surface area contributed by atoms with Crippen molar-refractivity contribution in [2.45, 2.75) is 19.3 Å². The van der Waals surface area contributed by atoms with Crippen LogP contribution >= 0.6 is 0 Å². The SMILES string of the molecule is C#C[C@@H](c1ccccc1)[C@H](CO)Cc1ccc(C)cc1. The molecule has 0 aliphatic rings. The van der Waals surface area contributed by atoms with Crippen LogP contribution in [0.5, 0.6) is 0 Å². The van der Waals surface area contributed by atoms with Crippen LogP contribution in [0.25, 0.3) is 0 Å². The molecule has 2 aromatic rings. The van der Waals surface area contributed by atoms with Crippen LogP contribution in [0.15, 0.2) is 54.6 Å². The molecule has 2 rings (SSSR count). The van der Waals surface area contributed by atoms with Crippen LogP contribution in [0.2, 0.25) is 0 Å². The number of terminal acetylenes is 1. The van der Waals surface area contributed by atoms with Gasteiger partial charge in [0, 0.05) is 12.5 Å². The molecule has 1 heteroatoms. The van der Waals surface area contributed by atoms with Gasteiger partial charge in [-0.1, -0.05) is 66.1 Å². The van der Waals surface area contributed by atoms with Crippen LogP contribution < -0.4 is 0 Å². The second-order valence-corrected chi connectivity index (χ2v) is 5.19. The van der Waals surface area contributed by atoms with Crippen LogP contribution in [-0.4, -0.2) is 11.7 Å². The number of aliphatic hydroxyl groups is 1. The molecule has 20 heavy (non-hydrogen) atoms. The van der Waals surface area contributed by atoms with Crippen LogP contribution in [-0.2, 0) is 6.42 Å². The van der Waals surface area contributed by atoms with Crippen molar-refractivity contribution in [3.63, 3.8) is 0 Å². The average molecular weight is 264 g/mol. The number of rotatable bonds is 5. The van der Waals surface area contributed by atoms with Crippen LogP contribution in [0.3, 0.4) is 0 Å². The highest BCUT2D eigenvalue weighted by Gasteiger charge is 2.20. The summed E-state index contributed by atoms with van der Waals surface area (Å²) in [7, 11) is 0. The van der Waals surface area contributed by atoms with Gasteiger partial charge < -0.3 is 5.11 Å². The molecule has 0 amide bonds. The maximum atomic E-state index is 9.71. The largest absolute Gasteiger partial charge is 0.396 e. The Morgan fingerprint density at radius 1 is 1.05 bits per heavy atom. The predicted octanol–water partition coefficient (Wildman–Crippen LogP) is 3.56. The van der Waals surface area contributed by atoms with Crippen molar-refractivity contribution in [1.29, 1.82) is 0 Å². The number of hydrogen-bond acceptors (Lipinski definition) is 1. The average Bonchev–Trinajstić information content (AvgIpc) is 2.50. The summed E-state index contributed by atoms with van der Waals surface area (Å²) < 4.78 is 0. The Morgan fingerprint density at radius 2 is 1.70 bits per heavy atom. The van der Waals surface area contributed by atoms with Gasteiger partial charge in [-0.15, -0.1) is 6.42 Å². The summed E-state index contributed by atoms with van der Waals surface area (Å²) in [4.78, 5) is 0. The third-order valence-corrected chi connectivity index (χ3v) is 3.66. The van der Waals surface area contributed by atoms with Gasteiger partial charge >= 0.3 is 0 Å². The van der Waals surface area contributed by atoms with Crippen molar-refractivity contribution in [3.05, 3.63) is 71.3 Å². The first-order valence-corrected chi connectivity index (χ1v) is 6.92. The van der Waals surface area contributed by atoms with Gasteiger partial charge in [0.2, 0.25) is 0 Å². The Kier molecular flexibility index (Phi) is 4.98. The van der Waals surface area contributed by atoms with E-state index >= 15 is 0 Å². The highest BCUT2D eigenvalue weighted by Crippen LogP contribution is 2.27. The second kappa shape index (κ2) is 6.93. The van der Waals surface area contributed by atoms with Gasteiger partial charge in [0.25, 0.3) is 0 Å². The minimum atomic E-state index is -0.0532. The van der Waals surface area contributed by atoms with E-state index in [-0.39, 0.29) is 18.4 Å². The Hall–Kier alpha value is -2.04. The van der Waals surface area contributed by atoms with Gasteiger partial charge in [-0.25, -0.2) is 0 Å². The third-order valence-electron chi connectivity index (χ3n) is 3.66. The maximum Gasteiger partial charge on any atom is 0.0502 e. The van der Waals surface area contributed by atoms with Gasteiger partial charge in [-0.2, -0.15) is 0 Å². The van der Waals surface area contributed by atoms with E-state index in [2.05, 4.69) is 37.1 Å². The fraction of sp³-hybridized carbons (Fsp3) is 0.263. The normalized spacial score (nSPS) is 13.4. The molecule has 0 aliphatic heterocycles. The molecule has 0 saturated carbocycles. The summed E-state index contributed by atoms with van der Waals surface area (Å²) in [5.74, 6) is 2.83. The lowest BCUT2D eigenvalue weighted by Gasteiger charge is -2.22. The van der Waals surface area contributed by atoms with Gasteiger partial charge in [0.1, 0.15) is 0 Å². The summed E-state index contributed by atoms with van der Waals surface area (Å²) in [6.45, 7) is 2.17. The fourth-order valence-electron chi connectivity index (χ4n) is 2.48. The van der Waals surface area contributed by atoms with E-state index in [4.69, 9.17) is 6.42 Å². The van der Waals surface area contributed by atoms with E-state index in [0.717, 1.165) is 12.0 Å². The molecule has 1 nitrogen and oxygen atoms in total. The van der Waals surface area contributed by atoms with Crippen molar-refractivity contribution in [2.75, 3.05) is 6.61 Å². The fourth-order valence-corrected chi connectivity index (χ4v) is 2.48. The highest BCUT2D eigenvalue weighted by atomic mass is 16.3. The Balaban J connectivity index is 2.18. The van der Waals surface area contributed by atoms with E-state index in [1.54, 1.807) is 0 Å². The molecular weight excluding hydrogens is 244 g/mol. The quantitative estimate of drug-likeness (QED) is 0.819. The lowest BCUT2D eigenvalue weighted by molar-refractivity contribution is 0.216. The Labute approximate surface area is 121 Å². The van der Waals surface area contributed by atoms with Gasteiger partial charge in [0.15, 0.2) is 0 Å². The van der Waals surface area contributed by atoms with Crippen LogP contribution in [0.1, 0.15) is 22.6 Å². The zero-order valence-corrected chi connectivity index (χ0v) is 11.8. The first kappa shape index (κ1) is 14.4. The zero-order chi connectivity index (χ0) is 14.4. The molecule has 0 unspecified atom stereocenters. The molecule has 0 heterocycles. The molecule has 0 aromatic heterocycles. The minimum absolute atomic E-state index is 0.0464. The van der Waals surface area contributed by atoms with Gasteiger partial charge in [0.05, 0.1) is 5.92 Å². The number of aryl methyl sites for hydroxylation is 1. The molecule has 0 bridgehead atoms. The van der Waals surface area contributed by atoms with Crippen molar-refractivity contribution >= 4 is 0 Å². The summed E-state index contributed by atoms with van der Waals surface area (Å²) in [5.41, 5.74) is 3.55. The monoisotopic (exact) mass is 264 g/mol. The number of hydrogen-bond donors (Lipinski definition) is 1. The van der Waals surface area contributed by atoms with Crippen molar-refractivity contribution in [2.24, 2.45) is 5.92 Å². The topological polar surface area (TPSA) is 20.2 Å². The van der Waals surface area contributed by atoms with E-state index in [1.807, 2.05) is 30.3 Å². The molecule has 0 radical (unpaired) electrons. The standard InChI is InChI=1S/C19H20O/c1-3-19(17-7-5-4-6-8-17)18(14-20)13-16-11-9-15(2)10-12-16/h1,4-12,18-20H,13-14H2,2H3/t18-,19-/m0/s1. The van der Waals surface area contributed by atoms with Crippen LogP contribution in [0, 0.1) is 25.2 Å². The molecular formula is C19H20O. The van der Waals surface area contributed by atoms with E-state index in [9.17, 15) is 5.11 Å². The van der Waals surface area contributed by atoms with Crippen molar-refractivity contribution in [1.82, 2.24) is 0 Å². The van der Waals surface area contributed by atoms with E-state index in [0.29, 0.717) is 0 Å². The van der Waals surface area contributed by atoms with E-state index in [1.165, 1.54) is 11.1 Å². The lowest BCUT2D eigenvalue weighted by atomic mass is 9.83. The van der Waals surface area contributed by atoms with Gasteiger partial charge in [-0.05, 0) is 24.5 Å². The predicted molar refractivity (Wildman–Crippen MR) is 83.5 cm³/mol. The molecule has 0 fully saturated rings.